The summed E-state index contributed by atoms with van der Waals surface area (Å²) < 4.78 is 14.4. The van der Waals surface area contributed by atoms with Gasteiger partial charge in [0.15, 0.2) is 0 Å². The third-order valence-electron chi connectivity index (χ3n) is 3.59. The van der Waals surface area contributed by atoms with E-state index >= 15 is 0 Å². The van der Waals surface area contributed by atoms with E-state index in [0.29, 0.717) is 24.9 Å². The Morgan fingerprint density at radius 2 is 1.96 bits per heavy atom. The van der Waals surface area contributed by atoms with Crippen LogP contribution >= 0.6 is 15.9 Å². The summed E-state index contributed by atoms with van der Waals surface area (Å²) in [6.07, 6.45) is 1.52. The Morgan fingerprint density at radius 3 is 2.65 bits per heavy atom. The van der Waals surface area contributed by atoms with E-state index in [0.717, 1.165) is 10.0 Å². The van der Waals surface area contributed by atoms with Gasteiger partial charge in [-0.25, -0.2) is 4.39 Å². The Kier molecular flexibility index (Phi) is 6.74. The van der Waals surface area contributed by atoms with Crippen molar-refractivity contribution >= 4 is 21.8 Å². The molecule has 0 aromatic heterocycles. The van der Waals surface area contributed by atoms with Gasteiger partial charge >= 0.3 is 0 Å². The molecule has 2 aromatic rings. The second-order valence-corrected chi connectivity index (χ2v) is 6.33. The number of benzene rings is 2. The normalized spacial score (nSPS) is 12.0. The Hall–Kier alpha value is -1.72. The molecule has 122 valence electrons. The molecule has 1 atom stereocenters. The molecule has 0 saturated carbocycles. The van der Waals surface area contributed by atoms with Crippen molar-refractivity contribution in [3.8, 4) is 0 Å². The van der Waals surface area contributed by atoms with E-state index in [-0.39, 0.29) is 24.2 Å². The molecule has 0 aliphatic rings. The molecule has 1 amide bonds. The fourth-order valence-corrected chi connectivity index (χ4v) is 2.65. The molecule has 5 heteroatoms. The second kappa shape index (κ2) is 8.79. The standard InChI is InChI=1S/C18H20BrFN2O/c19-15-9-8-13(16(20)11-15)7-4-10-22-18(23)12-17(21)14-5-2-1-3-6-14/h1-3,5-6,8-9,11,17H,4,7,10,12,21H2,(H,22,23). The summed E-state index contributed by atoms with van der Waals surface area (Å²) in [5, 5.41) is 2.83. The molecule has 0 aliphatic heterocycles. The van der Waals surface area contributed by atoms with E-state index in [4.69, 9.17) is 5.73 Å². The monoisotopic (exact) mass is 378 g/mol. The van der Waals surface area contributed by atoms with Crippen LogP contribution in [0, 0.1) is 5.82 Å². The van der Waals surface area contributed by atoms with Crippen LogP contribution in [0.3, 0.4) is 0 Å². The van der Waals surface area contributed by atoms with Gasteiger partial charge in [-0.05, 0) is 36.1 Å². The summed E-state index contributed by atoms with van der Waals surface area (Å²) in [7, 11) is 0. The minimum absolute atomic E-state index is 0.0855. The minimum Gasteiger partial charge on any atom is -0.356 e. The Morgan fingerprint density at radius 1 is 1.22 bits per heavy atom. The molecule has 3 N–H and O–H groups in total. The van der Waals surface area contributed by atoms with Crippen LogP contribution in [0.25, 0.3) is 0 Å². The van der Waals surface area contributed by atoms with Crippen molar-refractivity contribution in [1.29, 1.82) is 0 Å². The van der Waals surface area contributed by atoms with Crippen LogP contribution in [0.5, 0.6) is 0 Å². The van der Waals surface area contributed by atoms with Crippen molar-refractivity contribution in [3.63, 3.8) is 0 Å². The number of nitrogens with two attached hydrogens (primary N) is 1. The third kappa shape index (κ3) is 5.77. The summed E-state index contributed by atoms with van der Waals surface area (Å²) in [5.41, 5.74) is 7.61. The van der Waals surface area contributed by atoms with E-state index in [9.17, 15) is 9.18 Å². The molecule has 23 heavy (non-hydrogen) atoms. The summed E-state index contributed by atoms with van der Waals surface area (Å²) in [4.78, 5) is 11.9. The summed E-state index contributed by atoms with van der Waals surface area (Å²) in [6.45, 7) is 0.510. The predicted octanol–water partition coefficient (Wildman–Crippen LogP) is 3.73. The molecule has 0 spiro atoms. The minimum atomic E-state index is -0.305. The third-order valence-corrected chi connectivity index (χ3v) is 4.09. The molecule has 0 aliphatic carbocycles. The molecule has 0 heterocycles. The SMILES string of the molecule is NC(CC(=O)NCCCc1ccc(Br)cc1F)c1ccccc1. The average Bonchev–Trinajstić information content (AvgIpc) is 2.54. The molecule has 2 rings (SSSR count). The van der Waals surface area contributed by atoms with Crippen LogP contribution in [-0.2, 0) is 11.2 Å². The van der Waals surface area contributed by atoms with E-state index < -0.39 is 0 Å². The lowest BCUT2D eigenvalue weighted by atomic mass is 10.0. The smallest absolute Gasteiger partial charge is 0.221 e. The van der Waals surface area contributed by atoms with E-state index in [2.05, 4.69) is 21.2 Å². The number of nitrogens with one attached hydrogen (secondary N) is 1. The number of carbonyl (C=O) groups is 1. The van der Waals surface area contributed by atoms with E-state index in [1.165, 1.54) is 6.07 Å². The van der Waals surface area contributed by atoms with Gasteiger partial charge in [0.05, 0.1) is 0 Å². The van der Waals surface area contributed by atoms with Crippen molar-refractivity contribution in [3.05, 3.63) is 69.9 Å². The van der Waals surface area contributed by atoms with Gasteiger partial charge in [0, 0.05) is 23.5 Å². The fourth-order valence-electron chi connectivity index (χ4n) is 2.32. The largest absolute Gasteiger partial charge is 0.356 e. The van der Waals surface area contributed by atoms with Crippen LogP contribution in [0.4, 0.5) is 4.39 Å². The summed E-state index contributed by atoms with van der Waals surface area (Å²) in [5.74, 6) is -0.311. The number of amides is 1. The van der Waals surface area contributed by atoms with Gasteiger partial charge < -0.3 is 11.1 Å². The molecule has 0 radical (unpaired) electrons. The zero-order valence-corrected chi connectivity index (χ0v) is 14.4. The van der Waals surface area contributed by atoms with Crippen LogP contribution in [0.1, 0.15) is 30.0 Å². The molecule has 0 saturated heterocycles. The first kappa shape index (κ1) is 17.6. The Bertz CT molecular complexity index is 649. The van der Waals surface area contributed by atoms with Gasteiger partial charge in [-0.3, -0.25) is 4.79 Å². The first-order valence-corrected chi connectivity index (χ1v) is 8.36. The van der Waals surface area contributed by atoms with E-state index in [1.54, 1.807) is 6.07 Å². The highest BCUT2D eigenvalue weighted by Crippen LogP contribution is 2.16. The Labute approximate surface area is 144 Å². The number of carbonyl (C=O) groups excluding carboxylic acids is 1. The maximum Gasteiger partial charge on any atom is 0.221 e. The van der Waals surface area contributed by atoms with Crippen molar-refractivity contribution in [2.24, 2.45) is 5.73 Å². The van der Waals surface area contributed by atoms with Crippen molar-refractivity contribution < 1.29 is 9.18 Å². The van der Waals surface area contributed by atoms with Crippen LogP contribution in [0.15, 0.2) is 53.0 Å². The molecule has 1 unspecified atom stereocenters. The van der Waals surface area contributed by atoms with Crippen LogP contribution < -0.4 is 11.1 Å². The molecule has 3 nitrogen and oxygen atoms in total. The molecule has 0 bridgehead atoms. The zero-order chi connectivity index (χ0) is 16.7. The summed E-state index contributed by atoms with van der Waals surface area (Å²) >= 11 is 3.23. The predicted molar refractivity (Wildman–Crippen MR) is 93.4 cm³/mol. The number of halogens is 2. The van der Waals surface area contributed by atoms with Crippen LogP contribution in [-0.4, -0.2) is 12.5 Å². The van der Waals surface area contributed by atoms with Gasteiger partial charge in [-0.15, -0.1) is 0 Å². The molecule has 2 aromatic carbocycles. The highest BCUT2D eigenvalue weighted by atomic mass is 79.9. The maximum atomic E-state index is 13.7. The highest BCUT2D eigenvalue weighted by Gasteiger charge is 2.11. The molecular weight excluding hydrogens is 359 g/mol. The van der Waals surface area contributed by atoms with Gasteiger partial charge in [0.2, 0.25) is 5.91 Å². The summed E-state index contributed by atoms with van der Waals surface area (Å²) in [6, 6.07) is 14.3. The quantitative estimate of drug-likeness (QED) is 0.721. The highest BCUT2D eigenvalue weighted by molar-refractivity contribution is 9.10. The van der Waals surface area contributed by atoms with Gasteiger partial charge in [-0.2, -0.15) is 0 Å². The van der Waals surface area contributed by atoms with Gasteiger partial charge in [0.25, 0.3) is 0 Å². The topological polar surface area (TPSA) is 55.1 Å². The average molecular weight is 379 g/mol. The maximum absolute atomic E-state index is 13.7. The van der Waals surface area contributed by atoms with Crippen molar-refractivity contribution in [2.75, 3.05) is 6.54 Å². The van der Waals surface area contributed by atoms with Crippen LogP contribution in [0.2, 0.25) is 0 Å². The van der Waals surface area contributed by atoms with Gasteiger partial charge in [-0.1, -0.05) is 52.3 Å². The number of hydrogen-bond acceptors (Lipinski definition) is 2. The Balaban J connectivity index is 1.70. The second-order valence-electron chi connectivity index (χ2n) is 5.41. The zero-order valence-electron chi connectivity index (χ0n) is 12.8. The molecular formula is C18H20BrFN2O. The number of rotatable bonds is 7. The number of hydrogen-bond donors (Lipinski definition) is 2. The van der Waals surface area contributed by atoms with Gasteiger partial charge in [0.1, 0.15) is 5.82 Å². The van der Waals surface area contributed by atoms with E-state index in [1.807, 2.05) is 36.4 Å². The lowest BCUT2D eigenvalue weighted by Crippen LogP contribution is -2.28. The van der Waals surface area contributed by atoms with Crippen molar-refractivity contribution in [2.45, 2.75) is 25.3 Å². The fraction of sp³-hybridized carbons (Fsp3) is 0.278. The van der Waals surface area contributed by atoms with Crippen molar-refractivity contribution in [1.82, 2.24) is 5.32 Å². The lowest BCUT2D eigenvalue weighted by Gasteiger charge is -2.12. The first-order chi connectivity index (χ1) is 11.1. The molecule has 0 fully saturated rings. The lowest BCUT2D eigenvalue weighted by molar-refractivity contribution is -0.121. The number of aryl methyl sites for hydroxylation is 1. The first-order valence-electron chi connectivity index (χ1n) is 7.57.